The van der Waals surface area contributed by atoms with Gasteiger partial charge in [-0.25, -0.2) is 0 Å². The molecule has 1 aliphatic rings. The average Bonchev–Trinajstić information content (AvgIpc) is 2.57. The number of carbonyl (C=O) groups excluding carboxylic acids is 1. The van der Waals surface area contributed by atoms with Gasteiger partial charge in [0.05, 0.1) is 7.11 Å². The highest BCUT2D eigenvalue weighted by Crippen LogP contribution is 2.27. The van der Waals surface area contributed by atoms with Gasteiger partial charge in [-0.1, -0.05) is 52.8 Å². The van der Waals surface area contributed by atoms with Crippen LogP contribution in [0.25, 0.3) is 0 Å². The molecule has 21 heavy (non-hydrogen) atoms. The molecule has 0 aromatic heterocycles. The summed E-state index contributed by atoms with van der Waals surface area (Å²) in [5.74, 6) is 1.31. The largest absolute Gasteiger partial charge is 0.497 e. The average molecular weight is 296 g/mol. The highest BCUT2D eigenvalue weighted by molar-refractivity contribution is 7.02. The molecule has 3 heteroatoms. The fourth-order valence-electron chi connectivity index (χ4n) is 3.37. The number of rotatable bonds is 3. The monoisotopic (exact) mass is 296 g/mol. The topological polar surface area (TPSA) is 26.3 Å². The first-order valence-electron chi connectivity index (χ1n) is 7.46. The van der Waals surface area contributed by atoms with Gasteiger partial charge in [0.25, 0.3) is 0 Å². The number of hydrogen-bond donors (Lipinski definition) is 0. The van der Waals surface area contributed by atoms with E-state index in [-0.39, 0.29) is 0 Å². The van der Waals surface area contributed by atoms with Crippen LogP contribution in [0.3, 0.4) is 0 Å². The van der Waals surface area contributed by atoms with Gasteiger partial charge in [0.2, 0.25) is 0 Å². The number of ether oxygens (including phenoxy) is 1. The molecule has 0 unspecified atom stereocenters. The number of benzene rings is 2. The molecule has 108 valence electrons. The van der Waals surface area contributed by atoms with Gasteiger partial charge in [-0.15, -0.1) is 0 Å². The van der Waals surface area contributed by atoms with E-state index >= 15 is 0 Å². The lowest BCUT2D eigenvalue weighted by Gasteiger charge is -2.36. The summed E-state index contributed by atoms with van der Waals surface area (Å²) in [6, 6.07) is 21.3. The lowest BCUT2D eigenvalue weighted by molar-refractivity contribution is -0.118. The van der Waals surface area contributed by atoms with E-state index in [1.54, 1.807) is 7.11 Å². The van der Waals surface area contributed by atoms with Crippen LogP contribution < -0.4 is 15.1 Å². The van der Waals surface area contributed by atoms with Crippen LogP contribution in [0, 0.1) is 0 Å². The minimum atomic E-state index is -1.79. The molecule has 1 heterocycles. The Morgan fingerprint density at radius 2 is 1.43 bits per heavy atom. The third-order valence-electron chi connectivity index (χ3n) is 4.63. The number of carbonyl (C=O) groups is 1. The lowest BCUT2D eigenvalue weighted by Crippen LogP contribution is -2.59. The van der Waals surface area contributed by atoms with Gasteiger partial charge in [-0.3, -0.25) is 4.79 Å². The van der Waals surface area contributed by atoms with E-state index in [2.05, 4.69) is 42.5 Å². The van der Waals surface area contributed by atoms with Crippen LogP contribution in [0.1, 0.15) is 12.8 Å². The maximum absolute atomic E-state index is 11.7. The van der Waals surface area contributed by atoms with Crippen LogP contribution >= 0.6 is 0 Å². The van der Waals surface area contributed by atoms with Gasteiger partial charge in [0.1, 0.15) is 19.6 Å². The Bertz CT molecular complexity index is 609. The van der Waals surface area contributed by atoms with Gasteiger partial charge in [0.15, 0.2) is 0 Å². The molecule has 0 N–H and O–H groups in total. The van der Waals surface area contributed by atoms with Crippen molar-refractivity contribution < 1.29 is 9.53 Å². The fourth-order valence-corrected chi connectivity index (χ4v) is 8.15. The molecule has 2 aromatic carbocycles. The van der Waals surface area contributed by atoms with Gasteiger partial charge in [0, 0.05) is 12.8 Å². The smallest absolute Gasteiger partial charge is 0.132 e. The zero-order valence-corrected chi connectivity index (χ0v) is 13.3. The molecular formula is C18H20O2Si. The van der Waals surface area contributed by atoms with Crippen molar-refractivity contribution >= 4 is 24.2 Å². The van der Waals surface area contributed by atoms with Crippen molar-refractivity contribution in [3.63, 3.8) is 0 Å². The minimum Gasteiger partial charge on any atom is -0.497 e. The van der Waals surface area contributed by atoms with E-state index in [9.17, 15) is 4.79 Å². The Labute approximate surface area is 126 Å². The lowest BCUT2D eigenvalue weighted by atomic mass is 10.2. The van der Waals surface area contributed by atoms with Crippen molar-refractivity contribution in [3.05, 3.63) is 54.6 Å². The van der Waals surface area contributed by atoms with Crippen molar-refractivity contribution in [1.82, 2.24) is 0 Å². The second kappa shape index (κ2) is 5.86. The highest BCUT2D eigenvalue weighted by atomic mass is 28.3. The number of Topliss-reactive ketones (excluding diaryl/α,β-unsaturated/α-hetero) is 1. The first-order chi connectivity index (χ1) is 10.2. The quantitative estimate of drug-likeness (QED) is 0.814. The Morgan fingerprint density at radius 3 is 2.00 bits per heavy atom. The first-order valence-corrected chi connectivity index (χ1v) is 9.88. The standard InChI is InChI=1S/C18H20O2Si/c1-20-16-7-9-18(10-8-16)21(13-11-15(19)12-14-21)17-5-3-2-4-6-17/h2-10H,11-14H2,1H3. The highest BCUT2D eigenvalue weighted by Gasteiger charge is 2.40. The third-order valence-corrected chi connectivity index (χ3v) is 9.71. The van der Waals surface area contributed by atoms with Crippen LogP contribution in [0.2, 0.25) is 12.1 Å². The zero-order chi connectivity index (χ0) is 14.7. The van der Waals surface area contributed by atoms with Crippen LogP contribution in [0.15, 0.2) is 54.6 Å². The number of hydrogen-bond acceptors (Lipinski definition) is 2. The van der Waals surface area contributed by atoms with Crippen molar-refractivity contribution in [1.29, 1.82) is 0 Å². The molecule has 1 fully saturated rings. The molecule has 2 nitrogen and oxygen atoms in total. The summed E-state index contributed by atoms with van der Waals surface area (Å²) in [4.78, 5) is 11.7. The molecule has 2 aromatic rings. The van der Waals surface area contributed by atoms with E-state index in [0.29, 0.717) is 5.78 Å². The zero-order valence-electron chi connectivity index (χ0n) is 12.3. The maximum Gasteiger partial charge on any atom is 0.132 e. The summed E-state index contributed by atoms with van der Waals surface area (Å²) in [6.07, 6.45) is 1.46. The number of ketones is 1. The predicted octanol–water partition coefficient (Wildman–Crippen LogP) is 2.62. The summed E-state index contributed by atoms with van der Waals surface area (Å²) in [6.45, 7) is 0. The Hall–Kier alpha value is -1.87. The fraction of sp³-hybridized carbons (Fsp3) is 0.278. The molecule has 0 saturated carbocycles. The van der Waals surface area contributed by atoms with Crippen molar-refractivity contribution in [2.75, 3.05) is 7.11 Å². The van der Waals surface area contributed by atoms with Crippen LogP contribution in [-0.2, 0) is 4.79 Å². The molecule has 0 aliphatic carbocycles. The Balaban J connectivity index is 2.05. The van der Waals surface area contributed by atoms with E-state index in [4.69, 9.17) is 4.74 Å². The summed E-state index contributed by atoms with van der Waals surface area (Å²) >= 11 is 0. The van der Waals surface area contributed by atoms with E-state index in [0.717, 1.165) is 30.7 Å². The normalized spacial score (nSPS) is 17.5. The van der Waals surface area contributed by atoms with Gasteiger partial charge < -0.3 is 4.74 Å². The molecule has 0 atom stereocenters. The Kier molecular flexibility index (Phi) is 3.93. The van der Waals surface area contributed by atoms with E-state index in [1.807, 2.05) is 12.1 Å². The van der Waals surface area contributed by atoms with Gasteiger partial charge >= 0.3 is 0 Å². The maximum atomic E-state index is 11.7. The van der Waals surface area contributed by atoms with Crippen LogP contribution in [-0.4, -0.2) is 21.0 Å². The molecule has 1 saturated heterocycles. The molecule has 0 radical (unpaired) electrons. The molecule has 0 spiro atoms. The van der Waals surface area contributed by atoms with E-state index < -0.39 is 8.07 Å². The summed E-state index contributed by atoms with van der Waals surface area (Å²) in [7, 11) is -0.0956. The van der Waals surface area contributed by atoms with Crippen molar-refractivity contribution in [2.24, 2.45) is 0 Å². The predicted molar refractivity (Wildman–Crippen MR) is 88.3 cm³/mol. The second-order valence-corrected chi connectivity index (χ2v) is 10.0. The number of methoxy groups -OCH3 is 1. The second-order valence-electron chi connectivity index (χ2n) is 5.72. The molecule has 1 aliphatic heterocycles. The molecule has 0 amide bonds. The SMILES string of the molecule is COc1ccc([Si]2(c3ccccc3)CCC(=O)CC2)cc1. The molecule has 0 bridgehead atoms. The third kappa shape index (κ3) is 2.66. The van der Waals surface area contributed by atoms with Gasteiger partial charge in [-0.05, 0) is 24.2 Å². The summed E-state index contributed by atoms with van der Waals surface area (Å²) in [5.41, 5.74) is 0. The minimum absolute atomic E-state index is 0.419. The molecular weight excluding hydrogens is 276 g/mol. The summed E-state index contributed by atoms with van der Waals surface area (Å²) in [5, 5.41) is 2.87. The van der Waals surface area contributed by atoms with Crippen molar-refractivity contribution in [3.8, 4) is 5.75 Å². The van der Waals surface area contributed by atoms with Crippen LogP contribution in [0.4, 0.5) is 0 Å². The van der Waals surface area contributed by atoms with E-state index in [1.165, 1.54) is 10.4 Å². The van der Waals surface area contributed by atoms with Crippen LogP contribution in [0.5, 0.6) is 5.75 Å². The molecule has 3 rings (SSSR count). The van der Waals surface area contributed by atoms with Crippen molar-refractivity contribution in [2.45, 2.75) is 24.9 Å². The Morgan fingerprint density at radius 1 is 0.857 bits per heavy atom. The first kappa shape index (κ1) is 14.1. The van der Waals surface area contributed by atoms with Gasteiger partial charge in [-0.2, -0.15) is 0 Å². The summed E-state index contributed by atoms with van der Waals surface area (Å²) < 4.78 is 5.27.